The van der Waals surface area contributed by atoms with Crippen LogP contribution in [0.3, 0.4) is 0 Å². The second-order valence-electron chi connectivity index (χ2n) is 2.94. The summed E-state index contributed by atoms with van der Waals surface area (Å²) in [6.45, 7) is 3.40. The monoisotopic (exact) mass is 226 g/mol. The average Bonchev–Trinajstić information content (AvgIpc) is 2.26. The molecular weight excluding hydrogens is 211 g/mol. The predicted octanol–water partition coefficient (Wildman–Crippen LogP) is 0.450. The molecule has 0 aliphatic rings. The summed E-state index contributed by atoms with van der Waals surface area (Å²) >= 11 is 0. The van der Waals surface area contributed by atoms with Crippen molar-refractivity contribution in [3.05, 3.63) is 24.3 Å². The summed E-state index contributed by atoms with van der Waals surface area (Å²) in [5.74, 6) is 0.740. The minimum atomic E-state index is -1.85. The van der Waals surface area contributed by atoms with Crippen LogP contribution in [0.4, 0.5) is 0 Å². The molecule has 2 N–H and O–H groups in total. The summed E-state index contributed by atoms with van der Waals surface area (Å²) in [5, 5.41) is 17.4. The van der Waals surface area contributed by atoms with Gasteiger partial charge in [0.25, 0.3) is 0 Å². The van der Waals surface area contributed by atoms with Gasteiger partial charge in [-0.1, -0.05) is 12.1 Å². The molecule has 0 bridgehead atoms. The second kappa shape index (κ2) is 7.11. The maximum Gasteiger partial charge on any atom is 0.707 e. The first-order chi connectivity index (χ1) is 7.74. The Labute approximate surface area is 94.7 Å². The third-order valence-electron chi connectivity index (χ3n) is 1.77. The van der Waals surface area contributed by atoms with Crippen molar-refractivity contribution in [2.24, 2.45) is 0 Å². The summed E-state index contributed by atoms with van der Waals surface area (Å²) < 4.78 is 15.2. The van der Waals surface area contributed by atoms with E-state index in [0.717, 1.165) is 0 Å². The molecule has 0 saturated heterocycles. The molecule has 0 atom stereocenters. The summed E-state index contributed by atoms with van der Waals surface area (Å²) in [4.78, 5) is 0. The van der Waals surface area contributed by atoms with Gasteiger partial charge in [-0.15, -0.1) is 0 Å². The molecule has 0 saturated carbocycles. The van der Waals surface area contributed by atoms with Gasteiger partial charge in [-0.3, -0.25) is 0 Å². The van der Waals surface area contributed by atoms with Gasteiger partial charge in [0.2, 0.25) is 0 Å². The van der Waals surface area contributed by atoms with Gasteiger partial charge in [-0.2, -0.15) is 0 Å². The van der Waals surface area contributed by atoms with Crippen LogP contribution in [0.2, 0.25) is 0 Å². The molecule has 0 amide bonds. The Morgan fingerprint density at radius 2 is 1.81 bits per heavy atom. The highest BCUT2D eigenvalue weighted by atomic mass is 16.6. The van der Waals surface area contributed by atoms with E-state index in [4.69, 9.17) is 24.2 Å². The highest BCUT2D eigenvalue weighted by molar-refractivity contribution is 6.33. The lowest BCUT2D eigenvalue weighted by Crippen LogP contribution is -2.21. The van der Waals surface area contributed by atoms with E-state index in [1.54, 1.807) is 24.3 Å². The molecule has 88 valence electrons. The Bertz CT molecular complexity index is 305. The highest BCUT2D eigenvalue weighted by Crippen LogP contribution is 2.26. The van der Waals surface area contributed by atoms with Crippen LogP contribution in [0.15, 0.2) is 24.3 Å². The Morgan fingerprint density at radius 1 is 1.12 bits per heavy atom. The molecule has 0 unspecified atom stereocenters. The fourth-order valence-electron chi connectivity index (χ4n) is 1.14. The van der Waals surface area contributed by atoms with Crippen molar-refractivity contribution < 1.29 is 24.2 Å². The fraction of sp³-hybridized carbons (Fsp3) is 0.400. The first-order valence-corrected chi connectivity index (χ1v) is 5.06. The number of para-hydroxylation sites is 2. The zero-order valence-corrected chi connectivity index (χ0v) is 9.13. The number of ether oxygens (including phenoxy) is 2. The molecule has 0 radical (unpaired) electrons. The zero-order chi connectivity index (χ0) is 11.8. The van der Waals surface area contributed by atoms with E-state index in [1.165, 1.54) is 0 Å². The Hall–Kier alpha value is -1.24. The van der Waals surface area contributed by atoms with Crippen molar-refractivity contribution >= 4 is 7.32 Å². The fourth-order valence-corrected chi connectivity index (χ4v) is 1.14. The van der Waals surface area contributed by atoms with Gasteiger partial charge in [0.05, 0.1) is 6.61 Å². The summed E-state index contributed by atoms with van der Waals surface area (Å²) in [6, 6.07) is 6.76. The molecule has 1 rings (SSSR count). The second-order valence-corrected chi connectivity index (χ2v) is 2.94. The maximum absolute atomic E-state index is 8.69. The van der Waals surface area contributed by atoms with Crippen LogP contribution in [0.1, 0.15) is 6.92 Å². The molecule has 0 heterocycles. The molecule has 0 fully saturated rings. The molecule has 1 aromatic rings. The molecule has 0 aliphatic carbocycles. The van der Waals surface area contributed by atoms with E-state index in [0.29, 0.717) is 25.6 Å². The lowest BCUT2D eigenvalue weighted by atomic mass is 10.2. The standard InChI is InChI=1S/C10H15BO5/c1-2-14-7-8-15-9-5-3-4-6-10(9)16-11(12)13/h3-6,12-13H,2,7-8H2,1H3. The molecule has 5 nitrogen and oxygen atoms in total. The highest BCUT2D eigenvalue weighted by Gasteiger charge is 2.14. The average molecular weight is 226 g/mol. The first-order valence-electron chi connectivity index (χ1n) is 5.06. The van der Waals surface area contributed by atoms with Crippen molar-refractivity contribution in [3.8, 4) is 11.5 Å². The Morgan fingerprint density at radius 3 is 2.44 bits per heavy atom. The van der Waals surface area contributed by atoms with E-state index < -0.39 is 7.32 Å². The van der Waals surface area contributed by atoms with Gasteiger partial charge < -0.3 is 24.2 Å². The third kappa shape index (κ3) is 4.52. The van der Waals surface area contributed by atoms with Crippen LogP contribution >= 0.6 is 0 Å². The molecule has 16 heavy (non-hydrogen) atoms. The summed E-state index contributed by atoms with van der Waals surface area (Å²) in [6.07, 6.45) is 0. The van der Waals surface area contributed by atoms with E-state index in [1.807, 2.05) is 6.92 Å². The van der Waals surface area contributed by atoms with Crippen LogP contribution in [0.5, 0.6) is 11.5 Å². The van der Waals surface area contributed by atoms with Crippen molar-refractivity contribution in [1.29, 1.82) is 0 Å². The topological polar surface area (TPSA) is 68.2 Å². The third-order valence-corrected chi connectivity index (χ3v) is 1.77. The van der Waals surface area contributed by atoms with Crippen LogP contribution < -0.4 is 9.39 Å². The van der Waals surface area contributed by atoms with Gasteiger partial charge in [0, 0.05) is 6.61 Å². The first kappa shape index (κ1) is 12.8. The minimum absolute atomic E-state index is 0.286. The van der Waals surface area contributed by atoms with E-state index in [-0.39, 0.29) is 5.75 Å². The normalized spacial score (nSPS) is 9.94. The quantitative estimate of drug-likeness (QED) is 0.521. The van der Waals surface area contributed by atoms with Crippen molar-refractivity contribution in [2.45, 2.75) is 6.92 Å². The molecule has 6 heteroatoms. The maximum atomic E-state index is 8.69. The van der Waals surface area contributed by atoms with Crippen LogP contribution in [0, 0.1) is 0 Å². The van der Waals surface area contributed by atoms with Crippen molar-refractivity contribution in [1.82, 2.24) is 0 Å². The molecule has 0 aromatic heterocycles. The SMILES string of the molecule is CCOCCOc1ccccc1OB(O)O. The van der Waals surface area contributed by atoms with E-state index >= 15 is 0 Å². The summed E-state index contributed by atoms with van der Waals surface area (Å²) in [5.41, 5.74) is 0. The lowest BCUT2D eigenvalue weighted by molar-refractivity contribution is 0.109. The molecular formula is C10H15BO5. The van der Waals surface area contributed by atoms with Crippen molar-refractivity contribution in [2.75, 3.05) is 19.8 Å². The number of hydrogen-bond donors (Lipinski definition) is 2. The molecule has 0 spiro atoms. The van der Waals surface area contributed by atoms with Gasteiger partial charge in [-0.25, -0.2) is 0 Å². The predicted molar refractivity (Wildman–Crippen MR) is 59.2 cm³/mol. The largest absolute Gasteiger partial charge is 0.707 e. The summed E-state index contributed by atoms with van der Waals surface area (Å²) in [7, 11) is -1.85. The van der Waals surface area contributed by atoms with Gasteiger partial charge in [-0.05, 0) is 19.1 Å². The Kier molecular flexibility index (Phi) is 5.70. The van der Waals surface area contributed by atoms with Gasteiger partial charge >= 0.3 is 7.32 Å². The zero-order valence-electron chi connectivity index (χ0n) is 9.13. The molecule has 1 aromatic carbocycles. The smallest absolute Gasteiger partial charge is 0.509 e. The van der Waals surface area contributed by atoms with Gasteiger partial charge in [0.15, 0.2) is 5.75 Å². The number of hydrogen-bond acceptors (Lipinski definition) is 5. The number of benzene rings is 1. The van der Waals surface area contributed by atoms with Gasteiger partial charge in [0.1, 0.15) is 12.4 Å². The van der Waals surface area contributed by atoms with Crippen LogP contribution in [-0.2, 0) is 4.74 Å². The van der Waals surface area contributed by atoms with Crippen LogP contribution in [0.25, 0.3) is 0 Å². The Balaban J connectivity index is 2.50. The van der Waals surface area contributed by atoms with E-state index in [9.17, 15) is 0 Å². The van der Waals surface area contributed by atoms with Crippen LogP contribution in [-0.4, -0.2) is 37.2 Å². The van der Waals surface area contributed by atoms with E-state index in [2.05, 4.69) is 0 Å². The lowest BCUT2D eigenvalue weighted by Gasteiger charge is -2.11. The molecule has 0 aliphatic heterocycles. The minimum Gasteiger partial charge on any atom is -0.509 e. The number of rotatable bonds is 7. The van der Waals surface area contributed by atoms with Crippen molar-refractivity contribution in [3.63, 3.8) is 0 Å².